The predicted octanol–water partition coefficient (Wildman–Crippen LogP) is 4.05. The third kappa shape index (κ3) is 2.49. The summed E-state index contributed by atoms with van der Waals surface area (Å²) in [6, 6.07) is 14.6. The fourth-order valence-electron chi connectivity index (χ4n) is 1.27. The number of carbonyl (C=O) groups excluding carboxylic acids is 1. The molecule has 2 rings (SSSR count). The number of para-hydroxylation sites is 1. The number of hydrogen-bond acceptors (Lipinski definition) is 2. The lowest BCUT2D eigenvalue weighted by molar-refractivity contribution is 0.112. The summed E-state index contributed by atoms with van der Waals surface area (Å²) in [6.07, 6.45) is 0.808. The van der Waals surface area contributed by atoms with Gasteiger partial charge in [0.1, 0.15) is 17.8 Å². The van der Waals surface area contributed by atoms with Crippen LogP contribution in [0, 0.1) is 0 Å². The summed E-state index contributed by atoms with van der Waals surface area (Å²) in [6.45, 7) is 0. The largest absolute Gasteiger partial charge is 0.456 e. The molecule has 0 radical (unpaired) electrons. The fraction of sp³-hybridized carbons (Fsp3) is 0. The molecular formula is C13H9BrO2. The monoisotopic (exact) mass is 276 g/mol. The first kappa shape index (κ1) is 10.9. The number of carbonyl (C=O) groups is 1. The van der Waals surface area contributed by atoms with E-state index in [1.165, 1.54) is 0 Å². The molecule has 16 heavy (non-hydrogen) atoms. The minimum atomic E-state index is 0.638. The van der Waals surface area contributed by atoms with Gasteiger partial charge in [0.15, 0.2) is 0 Å². The number of ether oxygens (including phenoxy) is 1. The molecule has 0 amide bonds. The standard InChI is InChI=1S/C13H9BrO2/c14-12-3-1-2-4-13(12)16-11-7-5-10(9-15)6-8-11/h1-9H. The van der Waals surface area contributed by atoms with Crippen LogP contribution < -0.4 is 4.74 Å². The number of hydrogen-bond donors (Lipinski definition) is 0. The van der Waals surface area contributed by atoms with E-state index in [4.69, 9.17) is 4.74 Å². The van der Waals surface area contributed by atoms with E-state index in [9.17, 15) is 4.79 Å². The summed E-state index contributed by atoms with van der Waals surface area (Å²) in [5, 5.41) is 0. The zero-order chi connectivity index (χ0) is 11.4. The van der Waals surface area contributed by atoms with Gasteiger partial charge in [-0.15, -0.1) is 0 Å². The molecule has 0 saturated carbocycles. The smallest absolute Gasteiger partial charge is 0.150 e. The summed E-state index contributed by atoms with van der Waals surface area (Å²) in [5.74, 6) is 1.46. The maximum absolute atomic E-state index is 10.5. The Labute approximate surface area is 102 Å². The van der Waals surface area contributed by atoms with Crippen LogP contribution in [0.5, 0.6) is 11.5 Å². The third-order valence-corrected chi connectivity index (χ3v) is 2.74. The lowest BCUT2D eigenvalue weighted by Gasteiger charge is -2.07. The molecule has 0 aromatic heterocycles. The van der Waals surface area contributed by atoms with E-state index in [2.05, 4.69) is 15.9 Å². The van der Waals surface area contributed by atoms with Crippen molar-refractivity contribution < 1.29 is 9.53 Å². The molecule has 3 heteroatoms. The Morgan fingerprint density at radius 3 is 2.31 bits per heavy atom. The molecule has 0 N–H and O–H groups in total. The average Bonchev–Trinajstić information content (AvgIpc) is 2.33. The van der Waals surface area contributed by atoms with Crippen LogP contribution in [-0.4, -0.2) is 6.29 Å². The lowest BCUT2D eigenvalue weighted by Crippen LogP contribution is -1.86. The van der Waals surface area contributed by atoms with Gasteiger partial charge in [0.25, 0.3) is 0 Å². The molecule has 0 fully saturated rings. The molecule has 0 atom stereocenters. The second kappa shape index (κ2) is 4.94. The summed E-state index contributed by atoms with van der Waals surface area (Å²) in [7, 11) is 0. The molecule has 0 aliphatic rings. The van der Waals surface area contributed by atoms with Gasteiger partial charge in [0, 0.05) is 5.56 Å². The first-order valence-electron chi connectivity index (χ1n) is 4.77. The van der Waals surface area contributed by atoms with Gasteiger partial charge in [-0.05, 0) is 52.3 Å². The van der Waals surface area contributed by atoms with Gasteiger partial charge in [-0.2, -0.15) is 0 Å². The second-order valence-electron chi connectivity index (χ2n) is 3.22. The van der Waals surface area contributed by atoms with E-state index < -0.39 is 0 Å². The van der Waals surface area contributed by atoms with Crippen molar-refractivity contribution in [3.8, 4) is 11.5 Å². The normalized spacial score (nSPS) is 9.81. The molecule has 0 aliphatic heterocycles. The molecule has 2 nitrogen and oxygen atoms in total. The molecule has 0 heterocycles. The fourth-order valence-corrected chi connectivity index (χ4v) is 1.63. The number of rotatable bonds is 3. The maximum atomic E-state index is 10.5. The van der Waals surface area contributed by atoms with Crippen molar-refractivity contribution >= 4 is 22.2 Å². The molecule has 0 bridgehead atoms. The highest BCUT2D eigenvalue weighted by Crippen LogP contribution is 2.28. The van der Waals surface area contributed by atoms with Crippen molar-refractivity contribution in [1.82, 2.24) is 0 Å². The Bertz CT molecular complexity index is 492. The van der Waals surface area contributed by atoms with Crippen LogP contribution in [0.3, 0.4) is 0 Å². The first-order chi connectivity index (χ1) is 7.79. The van der Waals surface area contributed by atoms with Crippen LogP contribution in [0.1, 0.15) is 10.4 Å². The van der Waals surface area contributed by atoms with Crippen LogP contribution in [0.15, 0.2) is 53.0 Å². The van der Waals surface area contributed by atoms with E-state index in [1.807, 2.05) is 24.3 Å². The average molecular weight is 277 g/mol. The Balaban J connectivity index is 2.21. The van der Waals surface area contributed by atoms with Crippen molar-refractivity contribution in [2.24, 2.45) is 0 Å². The minimum Gasteiger partial charge on any atom is -0.456 e. The van der Waals surface area contributed by atoms with Gasteiger partial charge in [0.05, 0.1) is 4.47 Å². The highest BCUT2D eigenvalue weighted by molar-refractivity contribution is 9.10. The lowest BCUT2D eigenvalue weighted by atomic mass is 10.2. The van der Waals surface area contributed by atoms with Crippen molar-refractivity contribution in [3.05, 3.63) is 58.6 Å². The number of benzene rings is 2. The van der Waals surface area contributed by atoms with E-state index in [0.717, 1.165) is 16.5 Å². The minimum absolute atomic E-state index is 0.638. The first-order valence-corrected chi connectivity index (χ1v) is 5.56. The highest BCUT2D eigenvalue weighted by atomic mass is 79.9. The molecule has 2 aromatic carbocycles. The quantitative estimate of drug-likeness (QED) is 0.791. The van der Waals surface area contributed by atoms with Gasteiger partial charge in [-0.1, -0.05) is 12.1 Å². The second-order valence-corrected chi connectivity index (χ2v) is 4.07. The Morgan fingerprint density at radius 1 is 1.00 bits per heavy atom. The highest BCUT2D eigenvalue weighted by Gasteiger charge is 2.01. The predicted molar refractivity (Wildman–Crippen MR) is 66.0 cm³/mol. The van der Waals surface area contributed by atoms with Gasteiger partial charge in [0.2, 0.25) is 0 Å². The molecule has 0 saturated heterocycles. The molecule has 0 aliphatic carbocycles. The Morgan fingerprint density at radius 2 is 1.69 bits per heavy atom. The van der Waals surface area contributed by atoms with Crippen LogP contribution in [0.25, 0.3) is 0 Å². The van der Waals surface area contributed by atoms with E-state index in [1.54, 1.807) is 24.3 Å². The third-order valence-electron chi connectivity index (χ3n) is 2.08. The van der Waals surface area contributed by atoms with Crippen molar-refractivity contribution in [2.75, 3.05) is 0 Å². The van der Waals surface area contributed by atoms with Crippen LogP contribution >= 0.6 is 15.9 Å². The topological polar surface area (TPSA) is 26.3 Å². The summed E-state index contributed by atoms with van der Waals surface area (Å²) >= 11 is 3.40. The van der Waals surface area contributed by atoms with Crippen molar-refractivity contribution in [2.45, 2.75) is 0 Å². The van der Waals surface area contributed by atoms with Gasteiger partial charge < -0.3 is 4.74 Å². The van der Waals surface area contributed by atoms with Gasteiger partial charge in [-0.3, -0.25) is 4.79 Å². The summed E-state index contributed by atoms with van der Waals surface area (Å²) < 4.78 is 6.54. The maximum Gasteiger partial charge on any atom is 0.150 e. The van der Waals surface area contributed by atoms with Crippen molar-refractivity contribution in [3.63, 3.8) is 0 Å². The van der Waals surface area contributed by atoms with Crippen LogP contribution in [0.4, 0.5) is 0 Å². The summed E-state index contributed by atoms with van der Waals surface area (Å²) in [4.78, 5) is 10.5. The zero-order valence-corrected chi connectivity index (χ0v) is 9.98. The van der Waals surface area contributed by atoms with Gasteiger partial charge in [-0.25, -0.2) is 0 Å². The van der Waals surface area contributed by atoms with Crippen molar-refractivity contribution in [1.29, 1.82) is 0 Å². The van der Waals surface area contributed by atoms with E-state index in [-0.39, 0.29) is 0 Å². The van der Waals surface area contributed by atoms with Crippen LogP contribution in [-0.2, 0) is 0 Å². The van der Waals surface area contributed by atoms with E-state index in [0.29, 0.717) is 11.3 Å². The molecule has 0 unspecified atom stereocenters. The summed E-state index contributed by atoms with van der Waals surface area (Å²) in [5.41, 5.74) is 0.638. The molecule has 0 spiro atoms. The molecule has 80 valence electrons. The SMILES string of the molecule is O=Cc1ccc(Oc2ccccc2Br)cc1. The Hall–Kier alpha value is -1.61. The van der Waals surface area contributed by atoms with Crippen LogP contribution in [0.2, 0.25) is 0 Å². The molecular weight excluding hydrogens is 268 g/mol. The van der Waals surface area contributed by atoms with E-state index >= 15 is 0 Å². The van der Waals surface area contributed by atoms with Gasteiger partial charge >= 0.3 is 0 Å². The zero-order valence-electron chi connectivity index (χ0n) is 8.39. The Kier molecular flexibility index (Phi) is 3.37. The number of halogens is 1. The number of aldehydes is 1. The molecule has 2 aromatic rings.